The highest BCUT2D eigenvalue weighted by Gasteiger charge is 2.22. The third-order valence-electron chi connectivity index (χ3n) is 3.45. The van der Waals surface area contributed by atoms with Crippen molar-refractivity contribution < 1.29 is 4.79 Å². The molecule has 0 bridgehead atoms. The van der Waals surface area contributed by atoms with E-state index in [1.54, 1.807) is 12.3 Å². The van der Waals surface area contributed by atoms with E-state index in [1.165, 1.54) is 5.56 Å². The number of nitrogens with zero attached hydrogens (tertiary/aromatic N) is 2. The number of aromatic nitrogens is 1. The van der Waals surface area contributed by atoms with E-state index in [0.717, 1.165) is 24.3 Å². The molecule has 21 heavy (non-hydrogen) atoms. The highest BCUT2D eigenvalue weighted by atomic mass is 16.2. The third-order valence-corrected chi connectivity index (χ3v) is 3.45. The van der Waals surface area contributed by atoms with Gasteiger partial charge in [-0.25, -0.2) is 4.98 Å². The first-order chi connectivity index (χ1) is 10.2. The number of para-hydroxylation sites is 1. The van der Waals surface area contributed by atoms with E-state index >= 15 is 0 Å². The van der Waals surface area contributed by atoms with Crippen molar-refractivity contribution in [3.8, 4) is 0 Å². The molecule has 0 unspecified atom stereocenters. The predicted octanol–water partition coefficient (Wildman–Crippen LogP) is 1.17. The largest absolute Gasteiger partial charge is 0.397 e. The number of fused-ring (bicyclic) bond motifs is 1. The van der Waals surface area contributed by atoms with Gasteiger partial charge in [0.1, 0.15) is 5.82 Å². The lowest BCUT2D eigenvalue weighted by atomic mass is 10.1. The van der Waals surface area contributed by atoms with Crippen molar-refractivity contribution in [1.29, 1.82) is 0 Å². The topological polar surface area (TPSA) is 83.3 Å². The van der Waals surface area contributed by atoms with Crippen LogP contribution in [0.5, 0.6) is 0 Å². The minimum Gasteiger partial charge on any atom is -0.397 e. The fourth-order valence-corrected chi connectivity index (χ4v) is 2.51. The van der Waals surface area contributed by atoms with Crippen LogP contribution < -0.4 is 21.5 Å². The molecule has 0 fully saturated rings. The van der Waals surface area contributed by atoms with Gasteiger partial charge >= 0.3 is 0 Å². The number of benzene rings is 1. The van der Waals surface area contributed by atoms with Crippen LogP contribution in [0.25, 0.3) is 0 Å². The number of nitrogens with one attached hydrogen (secondary N) is 2. The molecule has 4 N–H and O–H groups in total. The molecule has 1 aromatic carbocycles. The normalized spacial score (nSPS) is 12.9. The Morgan fingerprint density at radius 1 is 1.29 bits per heavy atom. The fraction of sp³-hybridized carbons (Fsp3) is 0.200. The van der Waals surface area contributed by atoms with E-state index in [-0.39, 0.29) is 12.5 Å². The number of amides is 1. The minimum atomic E-state index is -0.128. The van der Waals surface area contributed by atoms with E-state index < -0.39 is 0 Å². The number of carbonyl (C=O) groups is 1. The second kappa shape index (κ2) is 5.70. The molecule has 6 heteroatoms. The van der Waals surface area contributed by atoms with Gasteiger partial charge in [0.2, 0.25) is 0 Å². The molecule has 0 spiro atoms. The summed E-state index contributed by atoms with van der Waals surface area (Å²) in [5.74, 6) is 0.476. The third kappa shape index (κ3) is 2.89. The van der Waals surface area contributed by atoms with Gasteiger partial charge in [-0.2, -0.15) is 0 Å². The number of hydrogen-bond donors (Lipinski definition) is 3. The highest BCUT2D eigenvalue weighted by molar-refractivity contribution is 5.85. The van der Waals surface area contributed by atoms with Crippen LogP contribution in [0.2, 0.25) is 0 Å². The smallest absolute Gasteiger partial charge is 0.257 e. The van der Waals surface area contributed by atoms with E-state index in [9.17, 15) is 4.79 Å². The van der Waals surface area contributed by atoms with Gasteiger partial charge in [-0.3, -0.25) is 15.6 Å². The molecule has 1 amide bonds. The Balaban J connectivity index is 1.60. The van der Waals surface area contributed by atoms with Crippen molar-refractivity contribution in [2.45, 2.75) is 6.42 Å². The number of nitrogens with two attached hydrogens (primary N) is 1. The number of anilines is 3. The van der Waals surface area contributed by atoms with Gasteiger partial charge in [0, 0.05) is 12.7 Å². The van der Waals surface area contributed by atoms with Crippen molar-refractivity contribution in [1.82, 2.24) is 10.4 Å². The maximum Gasteiger partial charge on any atom is 0.257 e. The Morgan fingerprint density at radius 2 is 2.19 bits per heavy atom. The van der Waals surface area contributed by atoms with Crippen LogP contribution in [-0.4, -0.2) is 24.0 Å². The number of hydrazine groups is 1. The highest BCUT2D eigenvalue weighted by Crippen LogP contribution is 2.33. The van der Waals surface area contributed by atoms with E-state index in [1.807, 2.05) is 29.2 Å². The number of rotatable bonds is 4. The molecule has 6 nitrogen and oxygen atoms in total. The average molecular weight is 283 g/mol. The molecule has 0 atom stereocenters. The second-order valence-corrected chi connectivity index (χ2v) is 4.91. The molecule has 108 valence electrons. The van der Waals surface area contributed by atoms with Crippen molar-refractivity contribution >= 4 is 23.1 Å². The lowest BCUT2D eigenvalue weighted by molar-refractivity contribution is -0.119. The molecule has 2 heterocycles. The zero-order valence-electron chi connectivity index (χ0n) is 11.5. The number of pyridine rings is 1. The minimum absolute atomic E-state index is 0.128. The fourth-order valence-electron chi connectivity index (χ4n) is 2.51. The molecular weight excluding hydrogens is 266 g/mol. The van der Waals surface area contributed by atoms with Crippen LogP contribution in [0.1, 0.15) is 5.56 Å². The van der Waals surface area contributed by atoms with Crippen LogP contribution in [0.4, 0.5) is 17.2 Å². The molecule has 1 aliphatic heterocycles. The van der Waals surface area contributed by atoms with Crippen LogP contribution in [0.15, 0.2) is 42.6 Å². The van der Waals surface area contributed by atoms with Crippen LogP contribution in [0.3, 0.4) is 0 Å². The van der Waals surface area contributed by atoms with Gasteiger partial charge < -0.3 is 10.6 Å². The zero-order chi connectivity index (χ0) is 14.7. The summed E-state index contributed by atoms with van der Waals surface area (Å²) in [5.41, 5.74) is 14.3. The number of nitrogen functional groups attached to an aromatic ring is 1. The van der Waals surface area contributed by atoms with E-state index in [2.05, 4.69) is 21.9 Å². The molecular formula is C15H17N5O. The lowest BCUT2D eigenvalue weighted by Gasteiger charge is -2.20. The van der Waals surface area contributed by atoms with Crippen molar-refractivity contribution in [2.24, 2.45) is 0 Å². The van der Waals surface area contributed by atoms with E-state index in [4.69, 9.17) is 5.73 Å². The Morgan fingerprint density at radius 3 is 3.00 bits per heavy atom. The Labute approximate surface area is 122 Å². The molecule has 0 saturated carbocycles. The first-order valence-corrected chi connectivity index (χ1v) is 6.82. The summed E-state index contributed by atoms with van der Waals surface area (Å²) in [4.78, 5) is 18.1. The van der Waals surface area contributed by atoms with Gasteiger partial charge in [-0.1, -0.05) is 18.2 Å². The van der Waals surface area contributed by atoms with Gasteiger partial charge in [0.05, 0.1) is 17.9 Å². The van der Waals surface area contributed by atoms with Crippen LogP contribution in [0, 0.1) is 0 Å². The lowest BCUT2D eigenvalue weighted by Crippen LogP contribution is -2.39. The molecule has 3 rings (SSSR count). The molecule has 1 aromatic heterocycles. The molecule has 1 aliphatic rings. The van der Waals surface area contributed by atoms with Crippen LogP contribution >= 0.6 is 0 Å². The van der Waals surface area contributed by atoms with E-state index in [0.29, 0.717) is 5.82 Å². The SMILES string of the molecule is Nc1cccc2c1N(CC(=O)NNc1ccccn1)CC2. The number of hydrogen-bond acceptors (Lipinski definition) is 5. The van der Waals surface area contributed by atoms with Crippen molar-refractivity contribution in [3.05, 3.63) is 48.2 Å². The van der Waals surface area contributed by atoms with Gasteiger partial charge in [0.15, 0.2) is 0 Å². The Bertz CT molecular complexity index is 644. The van der Waals surface area contributed by atoms with Crippen molar-refractivity contribution in [2.75, 3.05) is 29.1 Å². The maximum absolute atomic E-state index is 12.0. The summed E-state index contributed by atoms with van der Waals surface area (Å²) in [6.45, 7) is 1.07. The van der Waals surface area contributed by atoms with Gasteiger partial charge in [-0.15, -0.1) is 0 Å². The zero-order valence-corrected chi connectivity index (χ0v) is 11.5. The van der Waals surface area contributed by atoms with Crippen LogP contribution in [-0.2, 0) is 11.2 Å². The monoisotopic (exact) mass is 283 g/mol. The summed E-state index contributed by atoms with van der Waals surface area (Å²) in [5, 5.41) is 0. The molecule has 2 aromatic rings. The first-order valence-electron chi connectivity index (χ1n) is 6.82. The molecule has 0 saturated heterocycles. The predicted molar refractivity (Wildman–Crippen MR) is 82.8 cm³/mol. The van der Waals surface area contributed by atoms with Gasteiger partial charge in [0.25, 0.3) is 5.91 Å². The summed E-state index contributed by atoms with van der Waals surface area (Å²) < 4.78 is 0. The second-order valence-electron chi connectivity index (χ2n) is 4.91. The summed E-state index contributed by atoms with van der Waals surface area (Å²) in [6, 6.07) is 11.3. The number of carbonyl (C=O) groups excluding carboxylic acids is 1. The Hall–Kier alpha value is -2.76. The van der Waals surface area contributed by atoms with Gasteiger partial charge in [-0.05, 0) is 30.2 Å². The summed E-state index contributed by atoms with van der Waals surface area (Å²) in [6.07, 6.45) is 2.58. The average Bonchev–Trinajstić information content (AvgIpc) is 2.91. The molecule has 0 aliphatic carbocycles. The maximum atomic E-state index is 12.0. The quantitative estimate of drug-likeness (QED) is 0.579. The standard InChI is InChI=1S/C15H17N5O/c16-12-5-3-4-11-7-9-20(15(11)12)10-14(21)19-18-13-6-1-2-8-17-13/h1-6,8H,7,9-10,16H2,(H,17,18)(H,19,21). The Kier molecular flexibility index (Phi) is 3.59. The first kappa shape index (κ1) is 13.2. The van der Waals surface area contributed by atoms with Crippen molar-refractivity contribution in [3.63, 3.8) is 0 Å². The summed E-state index contributed by atoms with van der Waals surface area (Å²) >= 11 is 0. The molecule has 0 radical (unpaired) electrons. The summed E-state index contributed by atoms with van der Waals surface area (Å²) in [7, 11) is 0.